The number of anilines is 1. The minimum absolute atomic E-state index is 0.170. The van der Waals surface area contributed by atoms with Gasteiger partial charge in [-0.3, -0.25) is 9.36 Å². The summed E-state index contributed by atoms with van der Waals surface area (Å²) in [5.74, 6) is -0.140. The van der Waals surface area contributed by atoms with Gasteiger partial charge < -0.3 is 5.32 Å². The van der Waals surface area contributed by atoms with Gasteiger partial charge in [-0.25, -0.2) is 4.98 Å². The number of hydrogen-bond donors (Lipinski definition) is 1. The van der Waals surface area contributed by atoms with Crippen LogP contribution >= 0.6 is 11.6 Å². The first kappa shape index (κ1) is 18.1. The number of nitrogens with zero attached hydrogens (tertiary/aromatic N) is 2. The van der Waals surface area contributed by atoms with Crippen LogP contribution in [0.2, 0.25) is 5.02 Å². The van der Waals surface area contributed by atoms with Gasteiger partial charge in [0.25, 0.3) is 5.91 Å². The van der Waals surface area contributed by atoms with Crippen LogP contribution in [0, 0.1) is 0 Å². The maximum Gasteiger partial charge on any atom is 0.320 e. The van der Waals surface area contributed by atoms with Crippen LogP contribution in [0.15, 0.2) is 72.8 Å². The van der Waals surface area contributed by atoms with Crippen molar-refractivity contribution in [3.05, 3.63) is 83.4 Å². The van der Waals surface area contributed by atoms with E-state index in [1.165, 1.54) is 0 Å². The number of amides is 1. The van der Waals surface area contributed by atoms with Gasteiger partial charge in [-0.05, 0) is 54.6 Å². The van der Waals surface area contributed by atoms with Gasteiger partial charge in [-0.2, -0.15) is 8.78 Å². The Kier molecular flexibility index (Phi) is 4.79. The van der Waals surface area contributed by atoms with Crippen molar-refractivity contribution in [2.24, 2.45) is 0 Å². The molecule has 1 N–H and O–H groups in total. The van der Waals surface area contributed by atoms with Gasteiger partial charge in [-0.15, -0.1) is 0 Å². The molecule has 1 heterocycles. The van der Waals surface area contributed by atoms with E-state index in [-0.39, 0.29) is 11.7 Å². The summed E-state index contributed by atoms with van der Waals surface area (Å²) >= 11 is 5.90. The van der Waals surface area contributed by atoms with E-state index in [1.54, 1.807) is 72.8 Å². The van der Waals surface area contributed by atoms with Crippen molar-refractivity contribution in [2.45, 2.75) is 6.55 Å². The number of carbonyl (C=O) groups excluding carboxylic acids is 1. The molecule has 4 rings (SSSR count). The maximum atomic E-state index is 13.6. The average Bonchev–Trinajstić information content (AvgIpc) is 3.08. The molecule has 1 aromatic heterocycles. The van der Waals surface area contributed by atoms with E-state index >= 15 is 0 Å². The highest BCUT2D eigenvalue weighted by Crippen LogP contribution is 2.30. The second-order valence-corrected chi connectivity index (χ2v) is 6.55. The molecule has 0 radical (unpaired) electrons. The summed E-state index contributed by atoms with van der Waals surface area (Å²) < 4.78 is 28.1. The first-order chi connectivity index (χ1) is 13.5. The maximum absolute atomic E-state index is 13.6. The van der Waals surface area contributed by atoms with E-state index in [1.807, 2.05) is 0 Å². The first-order valence-corrected chi connectivity index (χ1v) is 8.83. The van der Waals surface area contributed by atoms with Crippen LogP contribution in [0.4, 0.5) is 14.5 Å². The highest BCUT2D eigenvalue weighted by molar-refractivity contribution is 6.31. The minimum atomic E-state index is -2.72. The standard InChI is InChI=1S/C21H14ClF2N3O/c22-15-5-3-4-14(12-15)20(28)25-16-10-8-13(9-11-16)19-26-17-6-1-2-7-18(17)27(19)21(23)24/h1-12,21H,(H,25,28). The lowest BCUT2D eigenvalue weighted by Crippen LogP contribution is -2.11. The molecule has 0 aliphatic rings. The van der Waals surface area contributed by atoms with Crippen LogP contribution in [-0.2, 0) is 0 Å². The first-order valence-electron chi connectivity index (χ1n) is 8.45. The molecule has 0 aliphatic heterocycles. The fourth-order valence-corrected chi connectivity index (χ4v) is 3.17. The molecular formula is C21H14ClF2N3O. The van der Waals surface area contributed by atoms with Gasteiger partial charge in [0, 0.05) is 21.8 Å². The number of carbonyl (C=O) groups is 1. The molecule has 0 aliphatic carbocycles. The lowest BCUT2D eigenvalue weighted by atomic mass is 10.1. The summed E-state index contributed by atoms with van der Waals surface area (Å²) in [7, 11) is 0. The predicted molar refractivity (Wildman–Crippen MR) is 106 cm³/mol. The molecule has 0 unspecified atom stereocenters. The lowest BCUT2D eigenvalue weighted by Gasteiger charge is -2.09. The molecule has 0 spiro atoms. The zero-order valence-electron chi connectivity index (χ0n) is 14.4. The highest BCUT2D eigenvalue weighted by atomic mass is 35.5. The fraction of sp³-hybridized carbons (Fsp3) is 0.0476. The van der Waals surface area contributed by atoms with Crippen molar-refractivity contribution < 1.29 is 13.6 Å². The van der Waals surface area contributed by atoms with Gasteiger partial charge in [0.1, 0.15) is 5.82 Å². The van der Waals surface area contributed by atoms with Crippen molar-refractivity contribution in [2.75, 3.05) is 5.32 Å². The van der Waals surface area contributed by atoms with E-state index in [4.69, 9.17) is 11.6 Å². The molecule has 0 fully saturated rings. The van der Waals surface area contributed by atoms with Crippen LogP contribution in [0.3, 0.4) is 0 Å². The summed E-state index contributed by atoms with van der Waals surface area (Å²) in [6.45, 7) is -2.72. The van der Waals surface area contributed by atoms with E-state index in [0.29, 0.717) is 32.9 Å². The van der Waals surface area contributed by atoms with Gasteiger partial charge in [0.15, 0.2) is 0 Å². The van der Waals surface area contributed by atoms with Gasteiger partial charge in [0.2, 0.25) is 0 Å². The predicted octanol–water partition coefficient (Wildman–Crippen LogP) is 6.00. The number of alkyl halides is 2. The molecule has 7 heteroatoms. The van der Waals surface area contributed by atoms with E-state index in [2.05, 4.69) is 10.3 Å². The number of fused-ring (bicyclic) bond motifs is 1. The number of rotatable bonds is 4. The zero-order valence-corrected chi connectivity index (χ0v) is 15.2. The van der Waals surface area contributed by atoms with Gasteiger partial charge in [-0.1, -0.05) is 29.8 Å². The third kappa shape index (κ3) is 3.46. The summed E-state index contributed by atoms with van der Waals surface area (Å²) in [5, 5.41) is 3.22. The Morgan fingerprint density at radius 3 is 2.46 bits per heavy atom. The number of imidazole rings is 1. The Labute approximate surface area is 164 Å². The quantitative estimate of drug-likeness (QED) is 0.458. The lowest BCUT2D eigenvalue weighted by molar-refractivity contribution is 0.0764. The second-order valence-electron chi connectivity index (χ2n) is 6.11. The Morgan fingerprint density at radius 1 is 1.00 bits per heavy atom. The van der Waals surface area contributed by atoms with Crippen molar-refractivity contribution in [3.8, 4) is 11.4 Å². The zero-order chi connectivity index (χ0) is 19.7. The number of aromatic nitrogens is 2. The number of hydrogen-bond acceptors (Lipinski definition) is 2. The topological polar surface area (TPSA) is 46.9 Å². The van der Waals surface area contributed by atoms with Crippen LogP contribution < -0.4 is 5.32 Å². The minimum Gasteiger partial charge on any atom is -0.322 e. The van der Waals surface area contributed by atoms with Crippen molar-refractivity contribution >= 4 is 34.2 Å². The molecule has 1 amide bonds. The molecule has 4 nitrogen and oxygen atoms in total. The van der Waals surface area contributed by atoms with Gasteiger partial charge >= 0.3 is 6.55 Å². The summed E-state index contributed by atoms with van der Waals surface area (Å²) in [6, 6.07) is 19.9. The number of para-hydroxylation sites is 2. The van der Waals surface area contributed by atoms with Crippen LogP contribution in [0.1, 0.15) is 16.9 Å². The smallest absolute Gasteiger partial charge is 0.320 e. The second kappa shape index (κ2) is 7.40. The highest BCUT2D eigenvalue weighted by Gasteiger charge is 2.18. The Bertz CT molecular complexity index is 1160. The van der Waals surface area contributed by atoms with E-state index in [0.717, 1.165) is 4.57 Å². The third-order valence-corrected chi connectivity index (χ3v) is 4.51. The molecule has 140 valence electrons. The summed E-state index contributed by atoms with van der Waals surface area (Å²) in [5.41, 5.74) is 2.35. The molecule has 0 saturated carbocycles. The Hall–Kier alpha value is -3.25. The number of benzene rings is 3. The third-order valence-electron chi connectivity index (χ3n) is 4.28. The molecule has 4 aromatic rings. The summed E-state index contributed by atoms with van der Waals surface area (Å²) in [6.07, 6.45) is 0. The average molecular weight is 398 g/mol. The SMILES string of the molecule is O=C(Nc1ccc(-c2nc3ccccc3n2C(F)F)cc1)c1cccc(Cl)c1. The monoisotopic (exact) mass is 397 g/mol. The molecule has 0 atom stereocenters. The molecule has 0 bridgehead atoms. The van der Waals surface area contributed by atoms with E-state index < -0.39 is 6.55 Å². The molecule has 3 aromatic carbocycles. The molecular weight excluding hydrogens is 384 g/mol. The molecule has 0 saturated heterocycles. The summed E-state index contributed by atoms with van der Waals surface area (Å²) in [4.78, 5) is 16.6. The Balaban J connectivity index is 1.63. The Morgan fingerprint density at radius 2 is 1.75 bits per heavy atom. The molecule has 28 heavy (non-hydrogen) atoms. The van der Waals surface area contributed by atoms with Gasteiger partial charge in [0.05, 0.1) is 11.0 Å². The van der Waals surface area contributed by atoms with Crippen LogP contribution in [-0.4, -0.2) is 15.5 Å². The largest absolute Gasteiger partial charge is 0.322 e. The van der Waals surface area contributed by atoms with Crippen LogP contribution in [0.25, 0.3) is 22.4 Å². The van der Waals surface area contributed by atoms with Crippen molar-refractivity contribution in [1.29, 1.82) is 0 Å². The van der Waals surface area contributed by atoms with Crippen LogP contribution in [0.5, 0.6) is 0 Å². The fourth-order valence-electron chi connectivity index (χ4n) is 2.98. The number of nitrogens with one attached hydrogen (secondary N) is 1. The van der Waals surface area contributed by atoms with Crippen molar-refractivity contribution in [3.63, 3.8) is 0 Å². The van der Waals surface area contributed by atoms with E-state index in [9.17, 15) is 13.6 Å². The van der Waals surface area contributed by atoms with Crippen molar-refractivity contribution in [1.82, 2.24) is 9.55 Å². The normalized spacial score (nSPS) is 11.1. The number of halogens is 3.